The SMILES string of the molecule is COc1ccc2c(=O)cc(NCC[OH+]C)[nH]c2c1C. The number of aliphatic hydroxyl groups is 2. The van der Waals surface area contributed by atoms with Crippen LogP contribution in [-0.2, 0) is 0 Å². The topological polar surface area (TPSA) is 66.9 Å². The number of hydrogen-bond donors (Lipinski definition) is 2. The van der Waals surface area contributed by atoms with Gasteiger partial charge in [0.2, 0.25) is 0 Å². The Balaban J connectivity index is 2.47. The summed E-state index contributed by atoms with van der Waals surface area (Å²) in [5, 5.41) is 3.82. The molecule has 0 amide bonds. The molecule has 0 saturated heterocycles. The third kappa shape index (κ3) is 2.71. The number of rotatable bonds is 5. The van der Waals surface area contributed by atoms with Crippen LogP contribution in [0.25, 0.3) is 10.9 Å². The average molecular weight is 263 g/mol. The fourth-order valence-corrected chi connectivity index (χ4v) is 2.06. The molecule has 0 aliphatic carbocycles. The summed E-state index contributed by atoms with van der Waals surface area (Å²) in [5.41, 5.74) is 1.74. The number of fused-ring (bicyclic) bond motifs is 1. The molecule has 0 radical (unpaired) electrons. The molecule has 102 valence electrons. The van der Waals surface area contributed by atoms with Crippen molar-refractivity contribution in [1.29, 1.82) is 0 Å². The van der Waals surface area contributed by atoms with E-state index in [9.17, 15) is 4.79 Å². The summed E-state index contributed by atoms with van der Waals surface area (Å²) >= 11 is 0. The minimum atomic E-state index is -0.00422. The number of aromatic amines is 1. The third-order valence-electron chi connectivity index (χ3n) is 3.09. The molecule has 2 rings (SSSR count). The van der Waals surface area contributed by atoms with Crippen LogP contribution < -0.4 is 15.5 Å². The molecule has 3 N–H and O–H groups in total. The lowest BCUT2D eigenvalue weighted by atomic mass is 10.1. The Labute approximate surface area is 111 Å². The standard InChI is InChI=1S/C14H18N2O3/c1-9-12(19-3)5-4-10-11(17)8-13(16-14(9)10)15-6-7-18-2/h4-5,8H,6-7H2,1-3H3,(H2,15,16,17)/p+1. The molecule has 5 heteroatoms. The number of aryl methyl sites for hydroxylation is 1. The quantitative estimate of drug-likeness (QED) is 0.633. The van der Waals surface area contributed by atoms with Gasteiger partial charge in [-0.05, 0) is 19.1 Å². The van der Waals surface area contributed by atoms with E-state index in [1.807, 2.05) is 13.0 Å². The van der Waals surface area contributed by atoms with Crippen molar-refractivity contribution in [3.05, 3.63) is 34.0 Å². The van der Waals surface area contributed by atoms with Gasteiger partial charge >= 0.3 is 0 Å². The lowest BCUT2D eigenvalue weighted by molar-refractivity contribution is 0.0240. The van der Waals surface area contributed by atoms with Gasteiger partial charge in [0.1, 0.15) is 18.7 Å². The normalized spacial score (nSPS) is 10.7. The number of methoxy groups -OCH3 is 1. The second-order valence-electron chi connectivity index (χ2n) is 4.33. The van der Waals surface area contributed by atoms with Gasteiger partial charge in [0, 0.05) is 17.0 Å². The molecular weight excluding hydrogens is 244 g/mol. The number of ether oxygens (including phenoxy) is 2. The van der Waals surface area contributed by atoms with Crippen molar-refractivity contribution in [3.8, 4) is 5.75 Å². The molecule has 0 bridgehead atoms. The van der Waals surface area contributed by atoms with E-state index in [-0.39, 0.29) is 5.43 Å². The predicted octanol–water partition coefficient (Wildman–Crippen LogP) is 1.41. The second-order valence-corrected chi connectivity index (χ2v) is 4.33. The number of nitrogens with one attached hydrogen (secondary N) is 2. The highest BCUT2D eigenvalue weighted by molar-refractivity contribution is 5.85. The first-order valence-corrected chi connectivity index (χ1v) is 6.17. The van der Waals surface area contributed by atoms with Gasteiger partial charge in [0.05, 0.1) is 19.2 Å². The number of benzene rings is 1. The largest absolute Gasteiger partial charge is 0.496 e. The predicted molar refractivity (Wildman–Crippen MR) is 77.4 cm³/mol. The highest BCUT2D eigenvalue weighted by atomic mass is 16.5. The van der Waals surface area contributed by atoms with Gasteiger partial charge in [-0.25, -0.2) is 0 Å². The van der Waals surface area contributed by atoms with Crippen LogP contribution in [-0.4, -0.2) is 37.1 Å². The Bertz CT molecular complexity index is 634. The second kappa shape index (κ2) is 5.75. The Morgan fingerprint density at radius 1 is 1.42 bits per heavy atom. The van der Waals surface area contributed by atoms with Crippen molar-refractivity contribution in [3.63, 3.8) is 0 Å². The number of pyridine rings is 1. The minimum absolute atomic E-state index is 0.00422. The lowest BCUT2D eigenvalue weighted by Crippen LogP contribution is -2.13. The van der Waals surface area contributed by atoms with Crippen LogP contribution in [0.3, 0.4) is 0 Å². The first-order chi connectivity index (χ1) is 9.17. The molecule has 1 aromatic heterocycles. The van der Waals surface area contributed by atoms with Crippen molar-refractivity contribution in [1.82, 2.24) is 4.98 Å². The maximum absolute atomic E-state index is 12.1. The third-order valence-corrected chi connectivity index (χ3v) is 3.09. The maximum Gasteiger partial charge on any atom is 0.191 e. The smallest absolute Gasteiger partial charge is 0.191 e. The molecule has 0 spiro atoms. The minimum Gasteiger partial charge on any atom is -0.496 e. The summed E-state index contributed by atoms with van der Waals surface area (Å²) in [6, 6.07) is 5.17. The van der Waals surface area contributed by atoms with Gasteiger partial charge in [-0.1, -0.05) is 0 Å². The van der Waals surface area contributed by atoms with E-state index in [0.29, 0.717) is 24.4 Å². The van der Waals surface area contributed by atoms with Crippen molar-refractivity contribution in [2.24, 2.45) is 0 Å². The van der Waals surface area contributed by atoms with Crippen LogP contribution in [0, 0.1) is 6.92 Å². The molecule has 5 nitrogen and oxygen atoms in total. The van der Waals surface area contributed by atoms with Gasteiger partial charge in [0.25, 0.3) is 0 Å². The van der Waals surface area contributed by atoms with Crippen molar-refractivity contribution >= 4 is 16.7 Å². The molecule has 1 aromatic carbocycles. The van der Waals surface area contributed by atoms with Gasteiger partial charge in [0.15, 0.2) is 12.0 Å². The Morgan fingerprint density at radius 2 is 2.21 bits per heavy atom. The van der Waals surface area contributed by atoms with E-state index in [1.165, 1.54) is 0 Å². The number of anilines is 1. The summed E-state index contributed by atoms with van der Waals surface area (Å²) in [7, 11) is 3.39. The van der Waals surface area contributed by atoms with E-state index in [2.05, 4.69) is 15.0 Å². The highest BCUT2D eigenvalue weighted by Crippen LogP contribution is 2.24. The van der Waals surface area contributed by atoms with E-state index < -0.39 is 0 Å². The van der Waals surface area contributed by atoms with E-state index in [4.69, 9.17) is 4.74 Å². The van der Waals surface area contributed by atoms with Crippen LogP contribution in [0.15, 0.2) is 23.0 Å². The Kier molecular flexibility index (Phi) is 4.06. The van der Waals surface area contributed by atoms with Crippen molar-refractivity contribution < 1.29 is 9.47 Å². The number of aromatic nitrogens is 1. The molecule has 1 heterocycles. The van der Waals surface area contributed by atoms with Gasteiger partial charge in [-0.3, -0.25) is 4.79 Å². The van der Waals surface area contributed by atoms with Crippen molar-refractivity contribution in [2.45, 2.75) is 6.92 Å². The molecule has 2 aromatic rings. The number of hydrogen-bond acceptors (Lipinski definition) is 3. The molecule has 0 fully saturated rings. The van der Waals surface area contributed by atoms with Crippen LogP contribution >= 0.6 is 0 Å². The molecule has 0 aliphatic rings. The Morgan fingerprint density at radius 3 is 2.89 bits per heavy atom. The van der Waals surface area contributed by atoms with E-state index in [0.717, 1.165) is 16.8 Å². The molecule has 0 aliphatic heterocycles. The molecule has 19 heavy (non-hydrogen) atoms. The molecule has 0 unspecified atom stereocenters. The average Bonchev–Trinajstić information content (AvgIpc) is 2.40. The van der Waals surface area contributed by atoms with E-state index in [1.54, 1.807) is 26.4 Å². The maximum atomic E-state index is 12.1. The van der Waals surface area contributed by atoms with Gasteiger partial charge in [-0.2, -0.15) is 0 Å². The Hall–Kier alpha value is -2.01. The first kappa shape index (κ1) is 13.4. The van der Waals surface area contributed by atoms with Gasteiger partial charge in [-0.15, -0.1) is 0 Å². The first-order valence-electron chi connectivity index (χ1n) is 6.17. The van der Waals surface area contributed by atoms with Crippen LogP contribution in [0.2, 0.25) is 0 Å². The fourth-order valence-electron chi connectivity index (χ4n) is 2.06. The summed E-state index contributed by atoms with van der Waals surface area (Å²) < 4.78 is 9.28. The molecular formula is C14H19N2O3+. The fraction of sp³-hybridized carbons (Fsp3) is 0.357. The zero-order valence-corrected chi connectivity index (χ0v) is 11.4. The van der Waals surface area contributed by atoms with Crippen LogP contribution in [0.4, 0.5) is 5.82 Å². The zero-order valence-electron chi connectivity index (χ0n) is 11.4. The summed E-state index contributed by atoms with van der Waals surface area (Å²) in [4.78, 5) is 15.3. The summed E-state index contributed by atoms with van der Waals surface area (Å²) in [5.74, 6) is 1.47. The molecule has 0 atom stereocenters. The van der Waals surface area contributed by atoms with Gasteiger partial charge < -0.3 is 19.8 Å². The monoisotopic (exact) mass is 263 g/mol. The van der Waals surface area contributed by atoms with Crippen LogP contribution in [0.5, 0.6) is 5.75 Å². The summed E-state index contributed by atoms with van der Waals surface area (Å²) in [6.07, 6.45) is 0. The van der Waals surface area contributed by atoms with Crippen molar-refractivity contribution in [2.75, 3.05) is 32.7 Å². The zero-order chi connectivity index (χ0) is 13.8. The van der Waals surface area contributed by atoms with E-state index >= 15 is 0 Å². The molecule has 0 saturated carbocycles. The lowest BCUT2D eigenvalue weighted by Gasteiger charge is -2.10. The highest BCUT2D eigenvalue weighted by Gasteiger charge is 2.08. The number of H-pyrrole nitrogens is 1. The van der Waals surface area contributed by atoms with Crippen LogP contribution in [0.1, 0.15) is 5.56 Å². The summed E-state index contributed by atoms with van der Waals surface area (Å²) in [6.45, 7) is 3.33.